The van der Waals surface area contributed by atoms with Crippen LogP contribution < -0.4 is 10.1 Å². The molecule has 1 aromatic carbocycles. The lowest BCUT2D eigenvalue weighted by Crippen LogP contribution is -2.71. The van der Waals surface area contributed by atoms with E-state index in [1.54, 1.807) is 9.80 Å². The maximum atomic E-state index is 12.6. The van der Waals surface area contributed by atoms with Gasteiger partial charge >= 0.3 is 12.2 Å². The van der Waals surface area contributed by atoms with Gasteiger partial charge in [0.1, 0.15) is 5.75 Å². The Labute approximate surface area is 164 Å². The molecule has 1 spiro atoms. The molecular formula is C18H19ClF3N3O3. The van der Waals surface area contributed by atoms with E-state index in [4.69, 9.17) is 16.3 Å². The molecule has 10 heteroatoms. The van der Waals surface area contributed by atoms with Crippen molar-refractivity contribution < 1.29 is 27.5 Å². The number of ether oxygens (including phenoxy) is 1. The fraction of sp³-hybridized carbons (Fsp3) is 0.556. The van der Waals surface area contributed by atoms with Crippen LogP contribution in [0.1, 0.15) is 18.4 Å². The van der Waals surface area contributed by atoms with Gasteiger partial charge < -0.3 is 19.9 Å². The second-order valence-corrected chi connectivity index (χ2v) is 8.10. The maximum Gasteiger partial charge on any atom is 0.416 e. The number of alkyl halides is 3. The van der Waals surface area contributed by atoms with Gasteiger partial charge in [-0.1, -0.05) is 11.6 Å². The second kappa shape index (κ2) is 6.72. The fourth-order valence-corrected chi connectivity index (χ4v) is 4.10. The number of hydrogen-bond acceptors (Lipinski definition) is 3. The van der Waals surface area contributed by atoms with Crippen LogP contribution in [0.25, 0.3) is 0 Å². The number of amides is 3. The molecule has 3 amide bonds. The summed E-state index contributed by atoms with van der Waals surface area (Å²) < 4.78 is 43.5. The Morgan fingerprint density at radius 1 is 1.29 bits per heavy atom. The molecule has 28 heavy (non-hydrogen) atoms. The topological polar surface area (TPSA) is 61.9 Å². The van der Waals surface area contributed by atoms with Crippen LogP contribution in [0.5, 0.6) is 5.75 Å². The van der Waals surface area contributed by atoms with E-state index < -0.39 is 11.7 Å². The monoisotopic (exact) mass is 417 g/mol. The number of urea groups is 1. The van der Waals surface area contributed by atoms with Crippen molar-refractivity contribution in [3.8, 4) is 5.75 Å². The second-order valence-electron chi connectivity index (χ2n) is 7.69. The highest BCUT2D eigenvalue weighted by Gasteiger charge is 2.51. The third-order valence-corrected chi connectivity index (χ3v) is 5.75. The Morgan fingerprint density at radius 3 is 2.57 bits per heavy atom. The SMILES string of the molecule is O=C1CCC2(CN(C(=O)N3CC(COc4ccc(C(F)(F)F)cc4Cl)C3)C2)N1. The van der Waals surface area contributed by atoms with E-state index >= 15 is 0 Å². The van der Waals surface area contributed by atoms with Crippen molar-refractivity contribution in [2.75, 3.05) is 32.8 Å². The predicted octanol–water partition coefficient (Wildman–Crippen LogP) is 2.75. The quantitative estimate of drug-likeness (QED) is 0.822. The van der Waals surface area contributed by atoms with E-state index in [0.29, 0.717) is 32.6 Å². The molecule has 0 aromatic heterocycles. The van der Waals surface area contributed by atoms with Gasteiger partial charge in [-0.15, -0.1) is 0 Å². The number of halogens is 4. The number of rotatable bonds is 3. The molecule has 1 aromatic rings. The summed E-state index contributed by atoms with van der Waals surface area (Å²) in [7, 11) is 0. The van der Waals surface area contributed by atoms with Crippen molar-refractivity contribution in [2.45, 2.75) is 24.6 Å². The van der Waals surface area contributed by atoms with Gasteiger partial charge in [-0.25, -0.2) is 4.79 Å². The van der Waals surface area contributed by atoms with Gasteiger partial charge in [-0.2, -0.15) is 13.2 Å². The first kappa shape index (κ1) is 19.2. The van der Waals surface area contributed by atoms with Gasteiger partial charge in [-0.05, 0) is 24.6 Å². The highest BCUT2D eigenvalue weighted by atomic mass is 35.5. The predicted molar refractivity (Wildman–Crippen MR) is 94.1 cm³/mol. The van der Waals surface area contributed by atoms with Crippen molar-refractivity contribution in [1.82, 2.24) is 15.1 Å². The number of carbonyl (C=O) groups is 2. The van der Waals surface area contributed by atoms with Crippen LogP contribution >= 0.6 is 11.6 Å². The van der Waals surface area contributed by atoms with E-state index in [9.17, 15) is 22.8 Å². The Hall–Kier alpha value is -2.16. The molecule has 152 valence electrons. The minimum atomic E-state index is -4.45. The zero-order valence-corrected chi connectivity index (χ0v) is 15.6. The van der Waals surface area contributed by atoms with Crippen LogP contribution in [0.15, 0.2) is 18.2 Å². The van der Waals surface area contributed by atoms with Crippen molar-refractivity contribution in [2.24, 2.45) is 5.92 Å². The van der Waals surface area contributed by atoms with Crippen LogP contribution in [-0.2, 0) is 11.0 Å². The molecule has 0 saturated carbocycles. The Balaban J connectivity index is 1.21. The van der Waals surface area contributed by atoms with Crippen LogP contribution in [0.3, 0.4) is 0 Å². The lowest BCUT2D eigenvalue weighted by Gasteiger charge is -2.51. The number of nitrogens with one attached hydrogen (secondary N) is 1. The van der Waals surface area contributed by atoms with Gasteiger partial charge in [0.15, 0.2) is 0 Å². The van der Waals surface area contributed by atoms with Gasteiger partial charge in [0.05, 0.1) is 22.7 Å². The minimum absolute atomic E-state index is 0.0372. The minimum Gasteiger partial charge on any atom is -0.492 e. The molecule has 0 radical (unpaired) electrons. The normalized spacial score (nSPS) is 21.4. The van der Waals surface area contributed by atoms with Crippen LogP contribution in [0.4, 0.5) is 18.0 Å². The molecule has 3 aliphatic rings. The molecular weight excluding hydrogens is 399 g/mol. The molecule has 0 aliphatic carbocycles. The van der Waals surface area contributed by atoms with Crippen molar-refractivity contribution in [1.29, 1.82) is 0 Å². The van der Waals surface area contributed by atoms with Gasteiger partial charge in [0.25, 0.3) is 0 Å². The summed E-state index contributed by atoms with van der Waals surface area (Å²) in [6.07, 6.45) is -3.18. The van der Waals surface area contributed by atoms with E-state index in [1.165, 1.54) is 6.07 Å². The average molecular weight is 418 g/mol. The summed E-state index contributed by atoms with van der Waals surface area (Å²) in [5.74, 6) is 0.333. The van der Waals surface area contributed by atoms with Crippen LogP contribution in [0.2, 0.25) is 5.02 Å². The number of likely N-dealkylation sites (tertiary alicyclic amines) is 2. The van der Waals surface area contributed by atoms with Gasteiger partial charge in [-0.3, -0.25) is 4.79 Å². The molecule has 3 saturated heterocycles. The number of hydrogen-bond donors (Lipinski definition) is 1. The molecule has 0 unspecified atom stereocenters. The standard InChI is InChI=1S/C18H19ClF3N3O3/c19-13-5-12(18(20,21)22)1-2-14(13)28-8-11-6-24(7-11)16(27)25-9-17(10-25)4-3-15(26)23-17/h1-2,5,11H,3-4,6-10H2,(H,23,26). The van der Waals surface area contributed by atoms with Crippen molar-refractivity contribution in [3.63, 3.8) is 0 Å². The van der Waals surface area contributed by atoms with E-state index in [2.05, 4.69) is 5.32 Å². The highest BCUT2D eigenvalue weighted by molar-refractivity contribution is 6.32. The average Bonchev–Trinajstić information content (AvgIpc) is 2.94. The van der Waals surface area contributed by atoms with Gasteiger partial charge in [0, 0.05) is 38.5 Å². The first-order chi connectivity index (χ1) is 13.2. The molecule has 3 fully saturated rings. The van der Waals surface area contributed by atoms with Gasteiger partial charge in [0.2, 0.25) is 5.91 Å². The van der Waals surface area contributed by atoms with Crippen molar-refractivity contribution in [3.05, 3.63) is 28.8 Å². The smallest absolute Gasteiger partial charge is 0.416 e. The van der Waals surface area contributed by atoms with E-state index in [-0.39, 0.29) is 40.8 Å². The fourth-order valence-electron chi connectivity index (χ4n) is 3.86. The summed E-state index contributed by atoms with van der Waals surface area (Å²) in [6.45, 7) is 2.39. The molecule has 1 N–H and O–H groups in total. The number of carbonyl (C=O) groups excluding carboxylic acids is 2. The molecule has 3 aliphatic heterocycles. The molecule has 0 bridgehead atoms. The third-order valence-electron chi connectivity index (χ3n) is 5.45. The molecule has 4 rings (SSSR count). The Kier molecular flexibility index (Phi) is 4.60. The highest BCUT2D eigenvalue weighted by Crippen LogP contribution is 2.35. The molecule has 3 heterocycles. The zero-order chi connectivity index (χ0) is 20.1. The van der Waals surface area contributed by atoms with Crippen LogP contribution in [-0.4, -0.2) is 60.1 Å². The first-order valence-electron chi connectivity index (χ1n) is 9.00. The Bertz CT molecular complexity index is 805. The Morgan fingerprint density at radius 2 is 2.00 bits per heavy atom. The zero-order valence-electron chi connectivity index (χ0n) is 14.9. The summed E-state index contributed by atoms with van der Waals surface area (Å²) in [5.41, 5.74) is -1.06. The lowest BCUT2D eigenvalue weighted by molar-refractivity contribution is -0.137. The largest absolute Gasteiger partial charge is 0.492 e. The molecule has 6 nitrogen and oxygen atoms in total. The summed E-state index contributed by atoms with van der Waals surface area (Å²) in [5, 5.41) is 2.85. The summed E-state index contributed by atoms with van der Waals surface area (Å²) in [4.78, 5) is 27.2. The first-order valence-corrected chi connectivity index (χ1v) is 9.37. The third kappa shape index (κ3) is 3.59. The summed E-state index contributed by atoms with van der Waals surface area (Å²) >= 11 is 5.87. The van der Waals surface area contributed by atoms with Crippen molar-refractivity contribution >= 4 is 23.5 Å². The summed E-state index contributed by atoms with van der Waals surface area (Å²) in [6, 6.07) is 2.92. The maximum absolute atomic E-state index is 12.6. The van der Waals surface area contributed by atoms with E-state index in [1.807, 2.05) is 0 Å². The van der Waals surface area contributed by atoms with Crippen LogP contribution in [0, 0.1) is 5.92 Å². The molecule has 0 atom stereocenters. The van der Waals surface area contributed by atoms with E-state index in [0.717, 1.165) is 18.6 Å². The lowest BCUT2D eigenvalue weighted by atomic mass is 9.88. The number of nitrogens with zero attached hydrogens (tertiary/aromatic N) is 2. The number of benzene rings is 1.